The molecule has 0 aliphatic heterocycles. The molecule has 0 radical (unpaired) electrons. The van der Waals surface area contributed by atoms with Crippen LogP contribution in [0.5, 0.6) is 0 Å². The van der Waals surface area contributed by atoms with Crippen molar-refractivity contribution < 1.29 is 0 Å². The summed E-state index contributed by atoms with van der Waals surface area (Å²) in [5.41, 5.74) is 1.26. The Morgan fingerprint density at radius 1 is 1.07 bits per heavy atom. The predicted octanol–water partition coefficient (Wildman–Crippen LogP) is 4.92. The number of hydrogen-bond donors (Lipinski definition) is 0. The Bertz CT molecular complexity index is 265. The Hall–Kier alpha value is -1.04. The Kier molecular flexibility index (Phi) is 5.84. The highest BCUT2D eigenvalue weighted by Gasteiger charge is 2.07. The molecule has 15 heavy (non-hydrogen) atoms. The van der Waals surface area contributed by atoms with Gasteiger partial charge in [-0.3, -0.25) is 0 Å². The fraction of sp³-hybridized carbons (Fsp3) is 0.467. The van der Waals surface area contributed by atoms with E-state index in [2.05, 4.69) is 25.1 Å². The number of allylic oxidation sites excluding steroid dienone is 1. The zero-order chi connectivity index (χ0) is 10.9. The summed E-state index contributed by atoms with van der Waals surface area (Å²) >= 11 is 0. The molecule has 0 spiro atoms. The van der Waals surface area contributed by atoms with Crippen molar-refractivity contribution in [3.05, 3.63) is 42.0 Å². The molecule has 1 fully saturated rings. The first-order valence-corrected chi connectivity index (χ1v) is 6.00. The standard InChI is InChI=1S/C9H10.C6H12/c1-2-6-9-7-4-3-5-8-9;1-6-4-2-3-5-6/h2-8H,1H3;6H,2-5H2,1H3/b6-2+;. The maximum absolute atomic E-state index is 2.34. The van der Waals surface area contributed by atoms with Crippen molar-refractivity contribution >= 4 is 6.08 Å². The molecule has 1 saturated carbocycles. The molecule has 1 aromatic carbocycles. The van der Waals surface area contributed by atoms with Gasteiger partial charge in [0.2, 0.25) is 0 Å². The molecule has 82 valence electrons. The molecule has 0 atom stereocenters. The summed E-state index contributed by atoms with van der Waals surface area (Å²) in [5.74, 6) is 1.05. The van der Waals surface area contributed by atoms with Crippen molar-refractivity contribution in [2.45, 2.75) is 39.5 Å². The molecular weight excluding hydrogens is 180 g/mol. The molecule has 0 heterocycles. The SMILES string of the molecule is C/C=C/c1ccccc1.CC1CCCC1. The van der Waals surface area contributed by atoms with Crippen LogP contribution >= 0.6 is 0 Å². The summed E-state index contributed by atoms with van der Waals surface area (Å²) in [7, 11) is 0. The Labute approximate surface area is 94.0 Å². The third kappa shape index (κ3) is 5.41. The third-order valence-corrected chi connectivity index (χ3v) is 2.80. The van der Waals surface area contributed by atoms with Gasteiger partial charge in [0.15, 0.2) is 0 Å². The molecule has 0 bridgehead atoms. The number of hydrogen-bond acceptors (Lipinski definition) is 0. The Balaban J connectivity index is 0.000000162. The largest absolute Gasteiger partial charge is 0.0871 e. The van der Waals surface area contributed by atoms with Crippen molar-refractivity contribution in [2.75, 3.05) is 0 Å². The van der Waals surface area contributed by atoms with Crippen LogP contribution in [0, 0.1) is 5.92 Å². The van der Waals surface area contributed by atoms with E-state index in [9.17, 15) is 0 Å². The summed E-state index contributed by atoms with van der Waals surface area (Å²) in [4.78, 5) is 0. The van der Waals surface area contributed by atoms with E-state index in [0.717, 1.165) is 5.92 Å². The van der Waals surface area contributed by atoms with Crippen LogP contribution in [-0.4, -0.2) is 0 Å². The molecular formula is C15H22. The fourth-order valence-electron chi connectivity index (χ4n) is 1.89. The average molecular weight is 202 g/mol. The van der Waals surface area contributed by atoms with Crippen LogP contribution in [0.15, 0.2) is 36.4 Å². The van der Waals surface area contributed by atoms with Gasteiger partial charge in [-0.15, -0.1) is 0 Å². The molecule has 2 rings (SSSR count). The zero-order valence-electron chi connectivity index (χ0n) is 9.95. The molecule has 0 N–H and O–H groups in total. The van der Waals surface area contributed by atoms with E-state index >= 15 is 0 Å². The lowest BCUT2D eigenvalue weighted by Gasteiger charge is -1.91. The van der Waals surface area contributed by atoms with Crippen LogP contribution < -0.4 is 0 Å². The summed E-state index contributed by atoms with van der Waals surface area (Å²) in [6.07, 6.45) is 10.1. The van der Waals surface area contributed by atoms with Crippen molar-refractivity contribution in [1.29, 1.82) is 0 Å². The monoisotopic (exact) mass is 202 g/mol. The van der Waals surface area contributed by atoms with Gasteiger partial charge in [0, 0.05) is 0 Å². The summed E-state index contributed by atoms with van der Waals surface area (Å²) in [5, 5.41) is 0. The first kappa shape index (κ1) is 12.0. The van der Waals surface area contributed by atoms with E-state index in [0.29, 0.717) is 0 Å². The minimum absolute atomic E-state index is 1.05. The molecule has 0 nitrogen and oxygen atoms in total. The molecule has 0 saturated heterocycles. The predicted molar refractivity (Wildman–Crippen MR) is 68.8 cm³/mol. The lowest BCUT2D eigenvalue weighted by Crippen LogP contribution is -1.78. The van der Waals surface area contributed by atoms with E-state index in [4.69, 9.17) is 0 Å². The third-order valence-electron chi connectivity index (χ3n) is 2.80. The van der Waals surface area contributed by atoms with Gasteiger partial charge in [-0.1, -0.05) is 75.1 Å². The van der Waals surface area contributed by atoms with E-state index < -0.39 is 0 Å². The summed E-state index contributed by atoms with van der Waals surface area (Å²) in [6.45, 7) is 4.36. The van der Waals surface area contributed by atoms with Crippen LogP contribution in [0.4, 0.5) is 0 Å². The summed E-state index contributed by atoms with van der Waals surface area (Å²) < 4.78 is 0. The van der Waals surface area contributed by atoms with Gasteiger partial charge in [-0.2, -0.15) is 0 Å². The minimum atomic E-state index is 1.05. The highest BCUT2D eigenvalue weighted by atomic mass is 14.1. The van der Waals surface area contributed by atoms with Gasteiger partial charge in [0.05, 0.1) is 0 Å². The maximum atomic E-state index is 2.34. The van der Waals surface area contributed by atoms with Gasteiger partial charge in [-0.05, 0) is 18.4 Å². The zero-order valence-corrected chi connectivity index (χ0v) is 9.95. The second kappa shape index (κ2) is 7.28. The van der Waals surface area contributed by atoms with Crippen molar-refractivity contribution in [2.24, 2.45) is 5.92 Å². The highest BCUT2D eigenvalue weighted by Crippen LogP contribution is 2.22. The van der Waals surface area contributed by atoms with Gasteiger partial charge in [0.25, 0.3) is 0 Å². The lowest BCUT2D eigenvalue weighted by molar-refractivity contribution is 0.612. The van der Waals surface area contributed by atoms with Gasteiger partial charge < -0.3 is 0 Å². The molecule has 1 aliphatic rings. The maximum Gasteiger partial charge on any atom is -0.0260 e. The Morgan fingerprint density at radius 3 is 2.07 bits per heavy atom. The second-order valence-corrected chi connectivity index (χ2v) is 4.30. The quantitative estimate of drug-likeness (QED) is 0.606. The van der Waals surface area contributed by atoms with E-state index in [1.807, 2.05) is 31.2 Å². The van der Waals surface area contributed by atoms with Crippen molar-refractivity contribution in [3.8, 4) is 0 Å². The minimum Gasteiger partial charge on any atom is -0.0871 e. The molecule has 0 amide bonds. The van der Waals surface area contributed by atoms with Crippen molar-refractivity contribution in [1.82, 2.24) is 0 Å². The van der Waals surface area contributed by atoms with Crippen LogP contribution in [0.25, 0.3) is 6.08 Å². The van der Waals surface area contributed by atoms with E-state index in [1.165, 1.54) is 31.2 Å². The second-order valence-electron chi connectivity index (χ2n) is 4.30. The van der Waals surface area contributed by atoms with Crippen LogP contribution in [-0.2, 0) is 0 Å². The number of benzene rings is 1. The first-order chi connectivity index (χ1) is 7.33. The van der Waals surface area contributed by atoms with Crippen molar-refractivity contribution in [3.63, 3.8) is 0 Å². The molecule has 0 aromatic heterocycles. The summed E-state index contributed by atoms with van der Waals surface area (Å²) in [6, 6.07) is 10.3. The normalized spacial score (nSPS) is 16.4. The smallest absolute Gasteiger partial charge is 0.0260 e. The molecule has 1 aliphatic carbocycles. The van der Waals surface area contributed by atoms with E-state index in [-0.39, 0.29) is 0 Å². The molecule has 1 aromatic rings. The number of rotatable bonds is 1. The van der Waals surface area contributed by atoms with Gasteiger partial charge in [0.1, 0.15) is 0 Å². The van der Waals surface area contributed by atoms with Gasteiger partial charge >= 0.3 is 0 Å². The molecule has 0 heteroatoms. The average Bonchev–Trinajstić information content (AvgIpc) is 2.72. The van der Waals surface area contributed by atoms with Crippen LogP contribution in [0.2, 0.25) is 0 Å². The van der Waals surface area contributed by atoms with Crippen LogP contribution in [0.1, 0.15) is 45.1 Å². The lowest BCUT2D eigenvalue weighted by atomic mass is 10.2. The Morgan fingerprint density at radius 2 is 1.67 bits per heavy atom. The fourth-order valence-corrected chi connectivity index (χ4v) is 1.89. The highest BCUT2D eigenvalue weighted by molar-refractivity contribution is 5.47. The first-order valence-electron chi connectivity index (χ1n) is 6.00. The van der Waals surface area contributed by atoms with Crippen LogP contribution in [0.3, 0.4) is 0 Å². The van der Waals surface area contributed by atoms with E-state index in [1.54, 1.807) is 0 Å². The topological polar surface area (TPSA) is 0 Å². The van der Waals surface area contributed by atoms with Gasteiger partial charge in [-0.25, -0.2) is 0 Å². The molecule has 0 unspecified atom stereocenters.